The molecule has 6 heteroatoms. The first-order valence-corrected chi connectivity index (χ1v) is 4.19. The highest BCUT2D eigenvalue weighted by atomic mass is 16.7. The molecule has 0 spiro atoms. The van der Waals surface area contributed by atoms with Gasteiger partial charge >= 0.3 is 0 Å². The van der Waals surface area contributed by atoms with Crippen molar-refractivity contribution >= 4 is 11.5 Å². The summed E-state index contributed by atoms with van der Waals surface area (Å²) in [7, 11) is 0. The van der Waals surface area contributed by atoms with Crippen LogP contribution in [0.2, 0.25) is 0 Å². The molecule has 6 nitrogen and oxygen atoms in total. The molecular formula is C9H7NO5. The van der Waals surface area contributed by atoms with Gasteiger partial charge in [0.2, 0.25) is 6.79 Å². The largest absolute Gasteiger partial charge is 0.454 e. The van der Waals surface area contributed by atoms with Crippen molar-refractivity contribution in [3.63, 3.8) is 0 Å². The molecule has 0 atom stereocenters. The summed E-state index contributed by atoms with van der Waals surface area (Å²) >= 11 is 0. The van der Waals surface area contributed by atoms with Crippen LogP contribution in [0.3, 0.4) is 0 Å². The Labute approximate surface area is 84.6 Å². The summed E-state index contributed by atoms with van der Waals surface area (Å²) in [5.41, 5.74) is -0.290. The van der Waals surface area contributed by atoms with Crippen molar-refractivity contribution in [1.82, 2.24) is 0 Å². The van der Waals surface area contributed by atoms with Gasteiger partial charge in [0.15, 0.2) is 17.3 Å². The number of carbonyl (C=O) groups excluding carboxylic acids is 1. The smallest absolute Gasteiger partial charge is 0.284 e. The van der Waals surface area contributed by atoms with E-state index in [-0.39, 0.29) is 23.8 Å². The summed E-state index contributed by atoms with van der Waals surface area (Å²) in [5.74, 6) is 0.117. The summed E-state index contributed by atoms with van der Waals surface area (Å²) in [6.45, 7) is 1.24. The third-order valence-corrected chi connectivity index (χ3v) is 2.07. The van der Waals surface area contributed by atoms with Gasteiger partial charge in [0, 0.05) is 6.07 Å². The van der Waals surface area contributed by atoms with E-state index in [2.05, 4.69) is 0 Å². The number of hydrogen-bond acceptors (Lipinski definition) is 5. The number of rotatable bonds is 2. The Balaban J connectivity index is 2.69. The van der Waals surface area contributed by atoms with Gasteiger partial charge in [0.05, 0.1) is 4.92 Å². The first kappa shape index (κ1) is 9.45. The van der Waals surface area contributed by atoms with Crippen molar-refractivity contribution in [3.8, 4) is 11.5 Å². The molecule has 15 heavy (non-hydrogen) atoms. The lowest BCUT2D eigenvalue weighted by Crippen LogP contribution is -2.02. The molecule has 0 unspecified atom stereocenters. The van der Waals surface area contributed by atoms with E-state index in [9.17, 15) is 14.9 Å². The first-order valence-electron chi connectivity index (χ1n) is 4.19. The van der Waals surface area contributed by atoms with Crippen molar-refractivity contribution in [1.29, 1.82) is 0 Å². The zero-order valence-corrected chi connectivity index (χ0v) is 7.85. The van der Waals surface area contributed by atoms with Crippen molar-refractivity contribution in [3.05, 3.63) is 27.8 Å². The number of ketones is 1. The standard InChI is InChI=1S/C9H7NO5/c1-5(11)8-6(10(12)13)2-3-7-9(8)15-4-14-7/h2-3H,4H2,1H3. The molecule has 0 saturated heterocycles. The number of nitro benzene ring substituents is 1. The zero-order valence-electron chi connectivity index (χ0n) is 7.85. The third-order valence-electron chi connectivity index (χ3n) is 2.07. The molecule has 78 valence electrons. The Morgan fingerprint density at radius 2 is 2.20 bits per heavy atom. The fraction of sp³-hybridized carbons (Fsp3) is 0.222. The average molecular weight is 209 g/mol. The van der Waals surface area contributed by atoms with Gasteiger partial charge in [-0.2, -0.15) is 0 Å². The molecule has 0 amide bonds. The molecule has 1 aromatic rings. The molecule has 1 heterocycles. The van der Waals surface area contributed by atoms with Crippen molar-refractivity contribution in [2.24, 2.45) is 0 Å². The summed E-state index contributed by atoms with van der Waals surface area (Å²) < 4.78 is 10.1. The Morgan fingerprint density at radius 3 is 2.80 bits per heavy atom. The van der Waals surface area contributed by atoms with Crippen LogP contribution in [-0.2, 0) is 0 Å². The van der Waals surface area contributed by atoms with Gasteiger partial charge in [0.1, 0.15) is 5.56 Å². The molecule has 0 fully saturated rings. The van der Waals surface area contributed by atoms with Gasteiger partial charge in [-0.15, -0.1) is 0 Å². The molecule has 1 aliphatic rings. The Bertz CT molecular complexity index is 454. The number of fused-ring (bicyclic) bond motifs is 1. The number of nitro groups is 1. The number of ether oxygens (including phenoxy) is 2. The Kier molecular flexibility index (Phi) is 2.03. The van der Waals surface area contributed by atoms with Crippen LogP contribution in [-0.4, -0.2) is 17.5 Å². The second-order valence-corrected chi connectivity index (χ2v) is 3.01. The van der Waals surface area contributed by atoms with Crippen molar-refractivity contribution in [2.45, 2.75) is 6.92 Å². The van der Waals surface area contributed by atoms with Gasteiger partial charge in [-0.3, -0.25) is 14.9 Å². The van der Waals surface area contributed by atoms with Crippen LogP contribution in [0.5, 0.6) is 11.5 Å². The van der Waals surface area contributed by atoms with E-state index in [1.165, 1.54) is 19.1 Å². The predicted octanol–water partition coefficient (Wildman–Crippen LogP) is 1.53. The van der Waals surface area contributed by atoms with Crippen LogP contribution < -0.4 is 9.47 Å². The fourth-order valence-electron chi connectivity index (χ4n) is 1.45. The molecular weight excluding hydrogens is 202 g/mol. The summed E-state index contributed by atoms with van der Waals surface area (Å²) in [5, 5.41) is 10.7. The molecule has 0 N–H and O–H groups in total. The average Bonchev–Trinajstić information content (AvgIpc) is 2.62. The first-order chi connectivity index (χ1) is 7.11. The highest BCUT2D eigenvalue weighted by Gasteiger charge is 2.28. The van der Waals surface area contributed by atoms with Gasteiger partial charge in [-0.25, -0.2) is 0 Å². The van der Waals surface area contributed by atoms with Crippen LogP contribution in [0.4, 0.5) is 5.69 Å². The van der Waals surface area contributed by atoms with Crippen molar-refractivity contribution in [2.75, 3.05) is 6.79 Å². The second kappa shape index (κ2) is 3.23. The number of hydrogen-bond donors (Lipinski definition) is 0. The normalized spacial score (nSPS) is 12.6. The maximum Gasteiger partial charge on any atom is 0.284 e. The third kappa shape index (κ3) is 1.39. The summed E-state index contributed by atoms with van der Waals surface area (Å²) in [6.07, 6.45) is 0. The zero-order chi connectivity index (χ0) is 11.0. The van der Waals surface area contributed by atoms with Crippen LogP contribution in [0.1, 0.15) is 17.3 Å². The molecule has 0 aromatic heterocycles. The lowest BCUT2D eigenvalue weighted by molar-refractivity contribution is -0.385. The quantitative estimate of drug-likeness (QED) is 0.419. The van der Waals surface area contributed by atoms with E-state index >= 15 is 0 Å². The van der Waals surface area contributed by atoms with E-state index < -0.39 is 10.7 Å². The second-order valence-electron chi connectivity index (χ2n) is 3.01. The van der Waals surface area contributed by atoms with E-state index in [0.29, 0.717) is 5.75 Å². The predicted molar refractivity (Wildman–Crippen MR) is 49.2 cm³/mol. The van der Waals surface area contributed by atoms with Gasteiger partial charge < -0.3 is 9.47 Å². The topological polar surface area (TPSA) is 78.7 Å². The fourth-order valence-corrected chi connectivity index (χ4v) is 1.45. The minimum Gasteiger partial charge on any atom is -0.454 e. The molecule has 1 aliphatic heterocycles. The van der Waals surface area contributed by atoms with Crippen LogP contribution in [0, 0.1) is 10.1 Å². The maximum atomic E-state index is 11.3. The lowest BCUT2D eigenvalue weighted by Gasteiger charge is -2.02. The Morgan fingerprint density at radius 1 is 1.47 bits per heavy atom. The van der Waals surface area contributed by atoms with Crippen molar-refractivity contribution < 1.29 is 19.2 Å². The highest BCUT2D eigenvalue weighted by Crippen LogP contribution is 2.40. The van der Waals surface area contributed by atoms with Gasteiger partial charge in [-0.1, -0.05) is 0 Å². The van der Waals surface area contributed by atoms with E-state index in [1.54, 1.807) is 0 Å². The minimum absolute atomic E-state index is 0.0171. The lowest BCUT2D eigenvalue weighted by atomic mass is 10.1. The molecule has 0 radical (unpaired) electrons. The van der Waals surface area contributed by atoms with Crippen LogP contribution in [0.25, 0.3) is 0 Å². The van der Waals surface area contributed by atoms with Gasteiger partial charge in [-0.05, 0) is 13.0 Å². The van der Waals surface area contributed by atoms with Crippen LogP contribution >= 0.6 is 0 Å². The minimum atomic E-state index is -0.612. The molecule has 1 aromatic carbocycles. The molecule has 0 bridgehead atoms. The Hall–Kier alpha value is -2.11. The molecule has 2 rings (SSSR count). The summed E-state index contributed by atoms with van der Waals surface area (Å²) in [6, 6.07) is 2.66. The molecule has 0 saturated carbocycles. The number of carbonyl (C=O) groups is 1. The highest BCUT2D eigenvalue weighted by molar-refractivity contribution is 6.01. The van der Waals surface area contributed by atoms with E-state index in [1.807, 2.05) is 0 Å². The summed E-state index contributed by atoms with van der Waals surface area (Å²) in [4.78, 5) is 21.4. The van der Waals surface area contributed by atoms with Crippen LogP contribution in [0.15, 0.2) is 12.1 Å². The van der Waals surface area contributed by atoms with E-state index in [0.717, 1.165) is 0 Å². The monoisotopic (exact) mass is 209 g/mol. The van der Waals surface area contributed by atoms with Gasteiger partial charge in [0.25, 0.3) is 5.69 Å². The number of nitrogens with zero attached hydrogens (tertiary/aromatic N) is 1. The number of benzene rings is 1. The maximum absolute atomic E-state index is 11.3. The SMILES string of the molecule is CC(=O)c1c([N+](=O)[O-])ccc2c1OCO2. The molecule has 0 aliphatic carbocycles. The van der Waals surface area contributed by atoms with E-state index in [4.69, 9.17) is 9.47 Å². The number of Topliss-reactive ketones (excluding diaryl/α,β-unsaturated/α-hetero) is 1.